The van der Waals surface area contributed by atoms with Crippen LogP contribution in [0.4, 0.5) is 0 Å². The van der Waals surface area contributed by atoms with Gasteiger partial charge in [-0.05, 0) is 43.7 Å². The van der Waals surface area contributed by atoms with Crippen molar-refractivity contribution in [2.24, 2.45) is 10.5 Å². The Morgan fingerprint density at radius 3 is 2.24 bits per heavy atom. The molecule has 0 heterocycles. The van der Waals surface area contributed by atoms with Crippen molar-refractivity contribution in [3.8, 4) is 0 Å². The molecule has 1 rings (SSSR count). The molecular formula is C21H32N4O4. The second-order valence-corrected chi connectivity index (χ2v) is 8.86. The fourth-order valence-corrected chi connectivity index (χ4v) is 2.85. The van der Waals surface area contributed by atoms with Gasteiger partial charge in [0.15, 0.2) is 0 Å². The molecule has 1 unspecified atom stereocenters. The lowest BCUT2D eigenvalue weighted by Gasteiger charge is -2.44. The lowest BCUT2D eigenvalue weighted by atomic mass is 9.71. The van der Waals surface area contributed by atoms with E-state index in [9.17, 15) is 9.59 Å². The lowest BCUT2D eigenvalue weighted by molar-refractivity contribution is -0.169. The second-order valence-electron chi connectivity index (χ2n) is 8.86. The van der Waals surface area contributed by atoms with Crippen LogP contribution in [-0.2, 0) is 25.7 Å². The topological polar surface area (TPSA) is 113 Å². The SMILES string of the molecule is CC(C)(C)OC(=O)C(CCN=[N+]=[N-])(NCC(=O)OCc1ccccc1)C(C)(C)C. The number of carbonyl (C=O) groups is 2. The Balaban J connectivity index is 2.97. The molecule has 0 amide bonds. The number of hydrogen-bond acceptors (Lipinski definition) is 6. The van der Waals surface area contributed by atoms with E-state index in [4.69, 9.17) is 15.0 Å². The predicted molar refractivity (Wildman–Crippen MR) is 111 cm³/mol. The second kappa shape index (κ2) is 10.3. The molecule has 0 fully saturated rings. The quantitative estimate of drug-likeness (QED) is 0.287. The van der Waals surface area contributed by atoms with Gasteiger partial charge < -0.3 is 9.47 Å². The normalized spacial score (nSPS) is 13.7. The number of benzene rings is 1. The van der Waals surface area contributed by atoms with Crippen molar-refractivity contribution in [1.82, 2.24) is 5.32 Å². The Morgan fingerprint density at radius 1 is 1.10 bits per heavy atom. The van der Waals surface area contributed by atoms with Crippen molar-refractivity contribution in [3.05, 3.63) is 46.3 Å². The standard InChI is InChI=1S/C21H32N4O4/c1-19(2,3)21(12-13-24-25-22,18(27)29-20(4,5)6)23-14-17(26)28-15-16-10-8-7-9-11-16/h7-11,23H,12-15H2,1-6H3. The maximum absolute atomic E-state index is 13.1. The van der Waals surface area contributed by atoms with Crippen molar-refractivity contribution in [2.75, 3.05) is 13.1 Å². The molecule has 0 spiro atoms. The van der Waals surface area contributed by atoms with Crippen molar-refractivity contribution in [3.63, 3.8) is 0 Å². The molecule has 0 saturated heterocycles. The van der Waals surface area contributed by atoms with E-state index in [0.29, 0.717) is 0 Å². The van der Waals surface area contributed by atoms with Crippen LogP contribution in [0.5, 0.6) is 0 Å². The Morgan fingerprint density at radius 2 is 1.72 bits per heavy atom. The summed E-state index contributed by atoms with van der Waals surface area (Å²) >= 11 is 0. The molecular weight excluding hydrogens is 372 g/mol. The number of carbonyl (C=O) groups excluding carboxylic acids is 2. The molecule has 0 aliphatic carbocycles. The molecule has 1 atom stereocenters. The lowest BCUT2D eigenvalue weighted by Crippen LogP contribution is -2.63. The molecule has 0 saturated carbocycles. The van der Waals surface area contributed by atoms with Gasteiger partial charge in [-0.25, -0.2) is 0 Å². The van der Waals surface area contributed by atoms with E-state index >= 15 is 0 Å². The zero-order valence-electron chi connectivity index (χ0n) is 18.2. The van der Waals surface area contributed by atoms with Crippen LogP contribution in [0.1, 0.15) is 53.5 Å². The molecule has 1 N–H and O–H groups in total. The summed E-state index contributed by atoms with van der Waals surface area (Å²) in [5.74, 6) is -0.990. The van der Waals surface area contributed by atoms with Crippen molar-refractivity contribution in [2.45, 2.75) is 65.7 Å². The number of hydrogen-bond donors (Lipinski definition) is 1. The molecule has 1 aromatic carbocycles. The van der Waals surface area contributed by atoms with Gasteiger partial charge in [0.25, 0.3) is 0 Å². The maximum atomic E-state index is 13.1. The van der Waals surface area contributed by atoms with Crippen molar-refractivity contribution >= 4 is 11.9 Å². The number of nitrogens with zero attached hydrogens (tertiary/aromatic N) is 3. The predicted octanol–water partition coefficient (Wildman–Crippen LogP) is 4.15. The number of nitrogens with one attached hydrogen (secondary N) is 1. The van der Waals surface area contributed by atoms with E-state index in [1.807, 2.05) is 51.1 Å². The molecule has 29 heavy (non-hydrogen) atoms. The van der Waals surface area contributed by atoms with E-state index in [0.717, 1.165) is 5.56 Å². The summed E-state index contributed by atoms with van der Waals surface area (Å²) in [5.41, 5.74) is 6.94. The van der Waals surface area contributed by atoms with Gasteiger partial charge in [-0.15, -0.1) is 0 Å². The Hall–Kier alpha value is -2.57. The van der Waals surface area contributed by atoms with Gasteiger partial charge in [-0.1, -0.05) is 56.2 Å². The smallest absolute Gasteiger partial charge is 0.327 e. The highest BCUT2D eigenvalue weighted by molar-refractivity contribution is 5.83. The molecule has 0 aliphatic rings. The number of azide groups is 1. The monoisotopic (exact) mass is 404 g/mol. The van der Waals surface area contributed by atoms with Crippen molar-refractivity contribution in [1.29, 1.82) is 0 Å². The first-order chi connectivity index (χ1) is 13.4. The minimum Gasteiger partial charge on any atom is -0.460 e. The van der Waals surface area contributed by atoms with Crippen LogP contribution in [-0.4, -0.2) is 36.2 Å². The summed E-state index contributed by atoms with van der Waals surface area (Å²) in [6.07, 6.45) is 0.182. The third kappa shape index (κ3) is 7.75. The zero-order chi connectivity index (χ0) is 22.1. The minimum absolute atomic E-state index is 0.0824. The van der Waals surface area contributed by atoms with Crippen LogP contribution in [0, 0.1) is 5.41 Å². The largest absolute Gasteiger partial charge is 0.460 e. The van der Waals surface area contributed by atoms with E-state index in [-0.39, 0.29) is 26.1 Å². The average Bonchev–Trinajstić information content (AvgIpc) is 2.61. The Kier molecular flexibility index (Phi) is 8.67. The molecule has 0 aliphatic heterocycles. The van der Waals surface area contributed by atoms with E-state index in [2.05, 4.69) is 15.3 Å². The first-order valence-electron chi connectivity index (χ1n) is 9.60. The molecule has 0 bridgehead atoms. The van der Waals surface area contributed by atoms with Crippen LogP contribution < -0.4 is 5.32 Å². The van der Waals surface area contributed by atoms with Gasteiger partial charge in [0.2, 0.25) is 0 Å². The highest BCUT2D eigenvalue weighted by atomic mass is 16.6. The minimum atomic E-state index is -1.24. The number of ether oxygens (including phenoxy) is 2. The van der Waals surface area contributed by atoms with Crippen LogP contribution in [0.25, 0.3) is 10.4 Å². The Labute approximate surface area is 172 Å². The third-order valence-corrected chi connectivity index (χ3v) is 4.45. The molecule has 0 aromatic heterocycles. The molecule has 8 heteroatoms. The number of rotatable bonds is 9. The number of esters is 2. The summed E-state index contributed by atoms with van der Waals surface area (Å²) in [6.45, 7) is 11.0. The van der Waals surface area contributed by atoms with Crippen LogP contribution in [0.2, 0.25) is 0 Å². The third-order valence-electron chi connectivity index (χ3n) is 4.45. The first-order valence-corrected chi connectivity index (χ1v) is 9.60. The van der Waals surface area contributed by atoms with E-state index in [1.54, 1.807) is 20.8 Å². The zero-order valence-corrected chi connectivity index (χ0v) is 18.2. The fraction of sp³-hybridized carbons (Fsp3) is 0.619. The Bertz CT molecular complexity index is 731. The van der Waals surface area contributed by atoms with Gasteiger partial charge in [0, 0.05) is 11.5 Å². The van der Waals surface area contributed by atoms with E-state index in [1.165, 1.54) is 0 Å². The van der Waals surface area contributed by atoms with Gasteiger partial charge in [-0.3, -0.25) is 14.9 Å². The summed E-state index contributed by atoms with van der Waals surface area (Å²) in [5, 5.41) is 6.63. The van der Waals surface area contributed by atoms with Gasteiger partial charge in [-0.2, -0.15) is 0 Å². The van der Waals surface area contributed by atoms with Crippen LogP contribution in [0.3, 0.4) is 0 Å². The summed E-state index contributed by atoms with van der Waals surface area (Å²) in [7, 11) is 0. The molecule has 0 radical (unpaired) electrons. The summed E-state index contributed by atoms with van der Waals surface area (Å²) in [4.78, 5) is 28.2. The van der Waals surface area contributed by atoms with E-state index < -0.39 is 28.5 Å². The highest BCUT2D eigenvalue weighted by Crippen LogP contribution is 2.36. The summed E-state index contributed by atoms with van der Waals surface area (Å²) < 4.78 is 10.9. The van der Waals surface area contributed by atoms with Gasteiger partial charge in [0.1, 0.15) is 17.7 Å². The maximum Gasteiger partial charge on any atom is 0.327 e. The van der Waals surface area contributed by atoms with Gasteiger partial charge >= 0.3 is 11.9 Å². The molecule has 1 aromatic rings. The molecule has 160 valence electrons. The van der Waals surface area contributed by atoms with Crippen LogP contribution in [0.15, 0.2) is 35.4 Å². The van der Waals surface area contributed by atoms with Crippen molar-refractivity contribution < 1.29 is 19.1 Å². The fourth-order valence-electron chi connectivity index (χ4n) is 2.85. The van der Waals surface area contributed by atoms with Crippen LogP contribution >= 0.6 is 0 Å². The van der Waals surface area contributed by atoms with Gasteiger partial charge in [0.05, 0.1) is 6.54 Å². The average molecular weight is 405 g/mol. The first kappa shape index (κ1) is 24.5. The summed E-state index contributed by atoms with van der Waals surface area (Å²) in [6, 6.07) is 9.34. The highest BCUT2D eigenvalue weighted by Gasteiger charge is 2.50. The molecule has 8 nitrogen and oxygen atoms in total.